The number of aromatic nitrogens is 1. The number of fused-ring (bicyclic) bond motifs is 1. The maximum absolute atomic E-state index is 11.2. The molecule has 0 unspecified atom stereocenters. The summed E-state index contributed by atoms with van der Waals surface area (Å²) in [5, 5.41) is 26.4. The maximum Gasteiger partial charge on any atom is 0.238 e. The molecule has 5 N–H and O–H groups in total. The van der Waals surface area contributed by atoms with E-state index in [9.17, 15) is 13.5 Å². The van der Waals surface area contributed by atoms with Gasteiger partial charge in [-0.15, -0.1) is 10.2 Å². The van der Waals surface area contributed by atoms with Crippen molar-refractivity contribution in [3.63, 3.8) is 0 Å². The number of rotatable bonds is 4. The number of nitrogens with one attached hydrogen (secondary N) is 2. The molecule has 3 aromatic rings. The molecule has 0 saturated carbocycles. The Morgan fingerprint density at radius 2 is 1.96 bits per heavy atom. The zero-order valence-electron chi connectivity index (χ0n) is 14.0. The molecule has 1 heterocycles. The molecule has 1 aromatic heterocycles. The van der Waals surface area contributed by atoms with Crippen LogP contribution in [0.3, 0.4) is 0 Å². The van der Waals surface area contributed by atoms with Gasteiger partial charge in [0, 0.05) is 11.1 Å². The molecular formula is C16H15N5O4S2. The molecule has 0 radical (unpaired) electrons. The van der Waals surface area contributed by atoms with Gasteiger partial charge >= 0.3 is 0 Å². The number of ether oxygens (including phenoxy) is 1. The zero-order valence-corrected chi connectivity index (χ0v) is 15.6. The Morgan fingerprint density at radius 1 is 1.26 bits per heavy atom. The second kappa shape index (κ2) is 7.31. The van der Waals surface area contributed by atoms with Crippen LogP contribution < -0.4 is 15.2 Å². The summed E-state index contributed by atoms with van der Waals surface area (Å²) in [7, 11) is -2.23. The van der Waals surface area contributed by atoms with E-state index in [2.05, 4.69) is 20.5 Å². The number of hydrogen-bond donors (Lipinski definition) is 4. The summed E-state index contributed by atoms with van der Waals surface area (Å²) in [6.45, 7) is 0. The summed E-state index contributed by atoms with van der Waals surface area (Å²) in [5.74, 6) is 0.455. The van der Waals surface area contributed by atoms with Crippen LogP contribution in [0.2, 0.25) is 0 Å². The highest BCUT2D eigenvalue weighted by Gasteiger charge is 2.12. The van der Waals surface area contributed by atoms with Gasteiger partial charge in [0.25, 0.3) is 0 Å². The van der Waals surface area contributed by atoms with E-state index in [0.717, 1.165) is 0 Å². The van der Waals surface area contributed by atoms with Crippen molar-refractivity contribution in [2.24, 2.45) is 15.4 Å². The average Bonchev–Trinajstić information content (AvgIpc) is 2.94. The molecule has 0 spiro atoms. The Hall–Kier alpha value is -3.02. The number of methoxy groups -OCH3 is 1. The van der Waals surface area contributed by atoms with Crippen LogP contribution in [-0.4, -0.2) is 30.7 Å². The van der Waals surface area contributed by atoms with E-state index in [4.69, 9.17) is 22.1 Å². The molecule has 11 heteroatoms. The van der Waals surface area contributed by atoms with Crippen LogP contribution in [0.1, 0.15) is 0 Å². The van der Waals surface area contributed by atoms with Crippen molar-refractivity contribution in [2.45, 2.75) is 4.90 Å². The largest absolute Gasteiger partial charge is 0.497 e. The maximum atomic E-state index is 11.2. The number of nitrogens with two attached hydrogens (primary N) is 1. The summed E-state index contributed by atoms with van der Waals surface area (Å²) in [4.78, 5) is 2.77. The summed E-state index contributed by atoms with van der Waals surface area (Å²) in [6.07, 6.45) is 0. The van der Waals surface area contributed by atoms with Gasteiger partial charge in [-0.1, -0.05) is 0 Å². The van der Waals surface area contributed by atoms with E-state index in [-0.39, 0.29) is 21.6 Å². The summed E-state index contributed by atoms with van der Waals surface area (Å²) >= 11 is 5.10. The molecule has 0 aliphatic heterocycles. The highest BCUT2D eigenvalue weighted by atomic mass is 32.2. The van der Waals surface area contributed by atoms with Gasteiger partial charge in [0.2, 0.25) is 21.0 Å². The van der Waals surface area contributed by atoms with Gasteiger partial charge in [-0.2, -0.15) is 0 Å². The number of anilines is 1. The van der Waals surface area contributed by atoms with E-state index < -0.39 is 10.0 Å². The zero-order chi connectivity index (χ0) is 19.6. The summed E-state index contributed by atoms with van der Waals surface area (Å²) in [5.41, 5.74) is 1.40. The second-order valence-corrected chi connectivity index (χ2v) is 7.38. The van der Waals surface area contributed by atoms with Gasteiger partial charge in [0.1, 0.15) is 5.75 Å². The fraction of sp³-hybridized carbons (Fsp3) is 0.0625. The smallest absolute Gasteiger partial charge is 0.238 e. The van der Waals surface area contributed by atoms with Crippen molar-refractivity contribution in [1.29, 1.82) is 0 Å². The monoisotopic (exact) mass is 405 g/mol. The highest BCUT2D eigenvalue weighted by molar-refractivity contribution is 7.89. The van der Waals surface area contributed by atoms with E-state index in [0.29, 0.717) is 22.3 Å². The number of sulfonamides is 1. The number of thiocarbonyl (C=S) groups is 1. The number of aromatic hydroxyl groups is 1. The summed E-state index contributed by atoms with van der Waals surface area (Å²) in [6, 6.07) is 10.9. The molecule has 9 nitrogen and oxygen atoms in total. The minimum atomic E-state index is -3.76. The minimum absolute atomic E-state index is 0.0155. The van der Waals surface area contributed by atoms with Crippen LogP contribution in [0.25, 0.3) is 10.9 Å². The fourth-order valence-corrected chi connectivity index (χ4v) is 3.02. The fourth-order valence-electron chi connectivity index (χ4n) is 2.34. The third-order valence-electron chi connectivity index (χ3n) is 3.63. The molecule has 0 fully saturated rings. The molecule has 0 saturated heterocycles. The van der Waals surface area contributed by atoms with Crippen LogP contribution in [0.5, 0.6) is 11.6 Å². The van der Waals surface area contributed by atoms with Crippen molar-refractivity contribution in [3.8, 4) is 11.6 Å². The molecule has 0 amide bonds. The Kier molecular flexibility index (Phi) is 5.08. The van der Waals surface area contributed by atoms with E-state index >= 15 is 0 Å². The van der Waals surface area contributed by atoms with Gasteiger partial charge in [-0.05, 0) is 54.7 Å². The number of aromatic amines is 1. The Morgan fingerprint density at radius 3 is 2.59 bits per heavy atom. The second-order valence-electron chi connectivity index (χ2n) is 5.43. The molecule has 0 aliphatic rings. The first-order valence-corrected chi connectivity index (χ1v) is 9.47. The van der Waals surface area contributed by atoms with E-state index in [1.54, 1.807) is 18.2 Å². The number of hydrogen-bond acceptors (Lipinski definition) is 6. The van der Waals surface area contributed by atoms with Gasteiger partial charge in [-0.3, -0.25) is 0 Å². The first kappa shape index (κ1) is 18.8. The number of H-pyrrole nitrogens is 1. The molecule has 0 aliphatic carbocycles. The normalized spacial score (nSPS) is 11.8. The van der Waals surface area contributed by atoms with Gasteiger partial charge in [0.15, 0.2) is 5.69 Å². The van der Waals surface area contributed by atoms with Crippen molar-refractivity contribution >= 4 is 49.6 Å². The van der Waals surface area contributed by atoms with Crippen molar-refractivity contribution in [2.75, 3.05) is 12.4 Å². The van der Waals surface area contributed by atoms with Crippen molar-refractivity contribution in [3.05, 3.63) is 42.5 Å². The Balaban J connectivity index is 1.79. The van der Waals surface area contributed by atoms with Crippen LogP contribution in [0, 0.1) is 0 Å². The molecule has 27 heavy (non-hydrogen) atoms. The Bertz CT molecular complexity index is 1140. The third kappa shape index (κ3) is 4.22. The predicted molar refractivity (Wildman–Crippen MR) is 105 cm³/mol. The lowest BCUT2D eigenvalue weighted by Gasteiger charge is -2.04. The molecular weight excluding hydrogens is 390 g/mol. The quantitative estimate of drug-likeness (QED) is 0.388. The first-order chi connectivity index (χ1) is 12.8. The Labute approximate surface area is 159 Å². The van der Waals surface area contributed by atoms with Crippen molar-refractivity contribution < 1.29 is 18.3 Å². The van der Waals surface area contributed by atoms with Crippen molar-refractivity contribution in [1.82, 2.24) is 4.98 Å². The lowest BCUT2D eigenvalue weighted by atomic mass is 10.2. The molecule has 0 bridgehead atoms. The predicted octanol–water partition coefficient (Wildman–Crippen LogP) is 3.01. The topological polar surface area (TPSA) is 142 Å². The lowest BCUT2D eigenvalue weighted by Crippen LogP contribution is -2.12. The molecule has 2 aromatic carbocycles. The highest BCUT2D eigenvalue weighted by Crippen LogP contribution is 2.37. The number of azo groups is 1. The van der Waals surface area contributed by atoms with Crippen LogP contribution >= 0.6 is 12.2 Å². The van der Waals surface area contributed by atoms with Gasteiger partial charge < -0.3 is 20.1 Å². The van der Waals surface area contributed by atoms with E-state index in [1.807, 2.05) is 0 Å². The van der Waals surface area contributed by atoms with Crippen LogP contribution in [0.4, 0.5) is 11.4 Å². The van der Waals surface area contributed by atoms with E-state index in [1.165, 1.54) is 31.4 Å². The minimum Gasteiger partial charge on any atom is -0.497 e. The molecule has 140 valence electrons. The standard InChI is InChI=1S/C16H15N5O4S2/c1-25-10-4-7-13-12(8-10)14(15(22)19-13)20-21-16(26)18-9-2-5-11(6-3-9)27(17,23)24/h2-8,19,22H,1H3,(H,18,26)(H2,17,23,24). The van der Waals surface area contributed by atoms with Crippen LogP contribution in [-0.2, 0) is 10.0 Å². The summed E-state index contributed by atoms with van der Waals surface area (Å²) < 4.78 is 27.7. The molecule has 3 rings (SSSR count). The third-order valence-corrected chi connectivity index (χ3v) is 4.75. The number of nitrogens with zero attached hydrogens (tertiary/aromatic N) is 2. The number of benzene rings is 2. The average molecular weight is 405 g/mol. The SMILES string of the molecule is COc1ccc2[nH]c(O)c(N=NC(=S)Nc3ccc(S(N)(=O)=O)cc3)c2c1. The number of primary sulfonamides is 1. The van der Waals surface area contributed by atoms with Gasteiger partial charge in [0.05, 0.1) is 17.5 Å². The van der Waals surface area contributed by atoms with Gasteiger partial charge in [-0.25, -0.2) is 13.6 Å². The first-order valence-electron chi connectivity index (χ1n) is 7.52. The lowest BCUT2D eigenvalue weighted by molar-refractivity contribution is 0.415. The van der Waals surface area contributed by atoms with Crippen LogP contribution in [0.15, 0.2) is 57.6 Å². The molecule has 0 atom stereocenters.